The maximum Gasteiger partial charge on any atom is 0.338 e. The van der Waals surface area contributed by atoms with Gasteiger partial charge in [0.2, 0.25) is 0 Å². The van der Waals surface area contributed by atoms with E-state index in [2.05, 4.69) is 11.6 Å². The minimum atomic E-state index is -0.424. The van der Waals surface area contributed by atoms with Crippen LogP contribution >= 0.6 is 0 Å². The summed E-state index contributed by atoms with van der Waals surface area (Å²) in [7, 11) is 1.66. The van der Waals surface area contributed by atoms with Crippen LogP contribution in [-0.2, 0) is 4.79 Å². The van der Waals surface area contributed by atoms with Crippen LogP contribution in [0.1, 0.15) is 12.5 Å². The summed E-state index contributed by atoms with van der Waals surface area (Å²) in [5.74, 6) is 0.0723. The highest BCUT2D eigenvalue weighted by Gasteiger charge is 2.07. The van der Waals surface area contributed by atoms with E-state index in [4.69, 9.17) is 4.74 Å². The molecule has 0 spiro atoms. The molecule has 0 N–H and O–H groups in total. The van der Waals surface area contributed by atoms with Gasteiger partial charge in [-0.3, -0.25) is 4.99 Å². The van der Waals surface area contributed by atoms with Gasteiger partial charge < -0.3 is 4.74 Å². The van der Waals surface area contributed by atoms with Crippen LogP contribution in [0.15, 0.2) is 41.4 Å². The van der Waals surface area contributed by atoms with Gasteiger partial charge in [-0.1, -0.05) is 18.7 Å². The number of hydrogen-bond donors (Lipinski definition) is 0. The van der Waals surface area contributed by atoms with Crippen molar-refractivity contribution in [1.82, 2.24) is 0 Å². The van der Waals surface area contributed by atoms with Crippen molar-refractivity contribution >= 4 is 12.2 Å². The van der Waals surface area contributed by atoms with Crippen molar-refractivity contribution in [3.8, 4) is 5.75 Å². The van der Waals surface area contributed by atoms with Crippen LogP contribution in [0.25, 0.3) is 0 Å². The van der Waals surface area contributed by atoms with Gasteiger partial charge in [0.25, 0.3) is 0 Å². The van der Waals surface area contributed by atoms with Crippen LogP contribution in [0.5, 0.6) is 5.75 Å². The maximum absolute atomic E-state index is 11.3. The topological polar surface area (TPSA) is 38.7 Å². The van der Waals surface area contributed by atoms with Crippen LogP contribution in [0.2, 0.25) is 0 Å². The Morgan fingerprint density at radius 3 is 2.73 bits per heavy atom. The Kier molecular flexibility index (Phi) is 3.80. The summed E-state index contributed by atoms with van der Waals surface area (Å²) in [6.45, 7) is 5.13. The van der Waals surface area contributed by atoms with Crippen molar-refractivity contribution in [2.24, 2.45) is 4.99 Å². The monoisotopic (exact) mass is 203 g/mol. The first-order chi connectivity index (χ1) is 7.15. The van der Waals surface area contributed by atoms with Gasteiger partial charge in [-0.05, 0) is 19.1 Å². The van der Waals surface area contributed by atoms with Gasteiger partial charge in [0.15, 0.2) is 0 Å². The van der Waals surface area contributed by atoms with E-state index in [0.717, 1.165) is 5.56 Å². The normalized spacial score (nSPS) is 10.3. The molecule has 15 heavy (non-hydrogen) atoms. The molecule has 1 aromatic rings. The summed E-state index contributed by atoms with van der Waals surface area (Å²) >= 11 is 0. The minimum Gasteiger partial charge on any atom is -0.422 e. The minimum absolute atomic E-state index is 0.373. The molecule has 0 amide bonds. The van der Waals surface area contributed by atoms with Crippen molar-refractivity contribution in [2.75, 3.05) is 7.05 Å². The van der Waals surface area contributed by atoms with Gasteiger partial charge in [0.05, 0.1) is 0 Å². The molecule has 0 bridgehead atoms. The van der Waals surface area contributed by atoms with Crippen molar-refractivity contribution in [3.05, 3.63) is 42.0 Å². The fourth-order valence-corrected chi connectivity index (χ4v) is 1.01. The largest absolute Gasteiger partial charge is 0.422 e. The molecule has 0 unspecified atom stereocenters. The average molecular weight is 203 g/mol. The third-order valence-electron chi connectivity index (χ3n) is 1.74. The second-order valence-electron chi connectivity index (χ2n) is 3.09. The fraction of sp³-hybridized carbons (Fsp3) is 0.167. The summed E-state index contributed by atoms with van der Waals surface area (Å²) in [5, 5.41) is 0. The van der Waals surface area contributed by atoms with Crippen molar-refractivity contribution in [1.29, 1.82) is 0 Å². The molecule has 3 heteroatoms. The molecular weight excluding hydrogens is 190 g/mol. The van der Waals surface area contributed by atoms with Gasteiger partial charge in [-0.2, -0.15) is 0 Å². The van der Waals surface area contributed by atoms with Crippen LogP contribution in [0.4, 0.5) is 0 Å². The molecule has 0 aromatic heterocycles. The number of benzene rings is 1. The number of hydrogen-bond acceptors (Lipinski definition) is 3. The van der Waals surface area contributed by atoms with E-state index < -0.39 is 5.97 Å². The second kappa shape index (κ2) is 5.10. The summed E-state index contributed by atoms with van der Waals surface area (Å²) in [6, 6.07) is 7.20. The van der Waals surface area contributed by atoms with Crippen LogP contribution in [0.3, 0.4) is 0 Å². The van der Waals surface area contributed by atoms with Crippen molar-refractivity contribution in [2.45, 2.75) is 6.92 Å². The Morgan fingerprint density at radius 1 is 1.47 bits per heavy atom. The van der Waals surface area contributed by atoms with Gasteiger partial charge in [-0.25, -0.2) is 4.79 Å². The SMILES string of the molecule is C=C(C)C(=O)Oc1ccccc1C=NC. The van der Waals surface area contributed by atoms with Gasteiger partial charge in [0.1, 0.15) is 5.75 Å². The Labute approximate surface area is 89.1 Å². The van der Waals surface area contributed by atoms with E-state index in [9.17, 15) is 4.79 Å². The summed E-state index contributed by atoms with van der Waals surface area (Å²) < 4.78 is 5.13. The van der Waals surface area contributed by atoms with Crippen molar-refractivity contribution in [3.63, 3.8) is 0 Å². The molecule has 0 heterocycles. The predicted octanol–water partition coefficient (Wildman–Crippen LogP) is 2.22. The highest BCUT2D eigenvalue weighted by molar-refractivity contribution is 5.91. The van der Waals surface area contributed by atoms with Crippen molar-refractivity contribution < 1.29 is 9.53 Å². The lowest BCUT2D eigenvalue weighted by atomic mass is 10.2. The molecule has 0 radical (unpaired) electrons. The highest BCUT2D eigenvalue weighted by Crippen LogP contribution is 2.16. The standard InChI is InChI=1S/C12H13NO2/c1-9(2)12(14)15-11-7-5-4-6-10(11)8-13-3/h4-8H,1H2,2-3H3. The lowest BCUT2D eigenvalue weighted by molar-refractivity contribution is -0.130. The highest BCUT2D eigenvalue weighted by atomic mass is 16.5. The molecule has 0 saturated heterocycles. The first kappa shape index (κ1) is 11.2. The Morgan fingerprint density at radius 2 is 2.13 bits per heavy atom. The van der Waals surface area contributed by atoms with E-state index in [1.807, 2.05) is 12.1 Å². The number of aliphatic imine (C=N–C) groups is 1. The summed E-state index contributed by atoms with van der Waals surface area (Å²) in [5.41, 5.74) is 1.15. The van der Waals surface area contributed by atoms with E-state index in [1.165, 1.54) is 0 Å². The zero-order chi connectivity index (χ0) is 11.3. The number of para-hydroxylation sites is 1. The first-order valence-electron chi connectivity index (χ1n) is 4.54. The van der Waals surface area contributed by atoms with Gasteiger partial charge in [0, 0.05) is 24.4 Å². The molecule has 0 fully saturated rings. The number of esters is 1. The zero-order valence-electron chi connectivity index (χ0n) is 8.86. The number of rotatable bonds is 3. The second-order valence-corrected chi connectivity index (χ2v) is 3.09. The molecule has 0 aliphatic carbocycles. The Balaban J connectivity index is 2.94. The summed E-state index contributed by atoms with van der Waals surface area (Å²) in [4.78, 5) is 15.2. The molecule has 78 valence electrons. The molecule has 1 aromatic carbocycles. The third kappa shape index (κ3) is 3.06. The third-order valence-corrected chi connectivity index (χ3v) is 1.74. The smallest absolute Gasteiger partial charge is 0.338 e. The Bertz CT molecular complexity index is 408. The van der Waals surface area contributed by atoms with E-state index >= 15 is 0 Å². The van der Waals surface area contributed by atoms with Gasteiger partial charge >= 0.3 is 5.97 Å². The van der Waals surface area contributed by atoms with E-state index in [1.54, 1.807) is 32.3 Å². The maximum atomic E-state index is 11.3. The zero-order valence-corrected chi connectivity index (χ0v) is 8.86. The fourth-order valence-electron chi connectivity index (χ4n) is 1.01. The number of carbonyl (C=O) groups is 1. The predicted molar refractivity (Wildman–Crippen MR) is 60.4 cm³/mol. The average Bonchev–Trinajstić information content (AvgIpc) is 2.21. The molecule has 0 saturated carbocycles. The Hall–Kier alpha value is -1.90. The lowest BCUT2D eigenvalue weighted by Crippen LogP contribution is -2.09. The quantitative estimate of drug-likeness (QED) is 0.327. The molecule has 1 rings (SSSR count). The lowest BCUT2D eigenvalue weighted by Gasteiger charge is -2.06. The van der Waals surface area contributed by atoms with Crippen LogP contribution in [-0.4, -0.2) is 19.2 Å². The molecule has 0 aliphatic heterocycles. The molecule has 0 aliphatic rings. The van der Waals surface area contributed by atoms with Crippen LogP contribution < -0.4 is 4.74 Å². The summed E-state index contributed by atoms with van der Waals surface area (Å²) in [6.07, 6.45) is 1.64. The number of ether oxygens (including phenoxy) is 1. The van der Waals surface area contributed by atoms with E-state index in [0.29, 0.717) is 11.3 Å². The van der Waals surface area contributed by atoms with E-state index in [-0.39, 0.29) is 0 Å². The molecular formula is C12H13NO2. The molecule has 3 nitrogen and oxygen atoms in total. The van der Waals surface area contributed by atoms with Crippen LogP contribution in [0, 0.1) is 0 Å². The number of carbonyl (C=O) groups excluding carboxylic acids is 1. The number of nitrogens with zero attached hydrogens (tertiary/aromatic N) is 1. The molecule has 0 atom stereocenters. The first-order valence-corrected chi connectivity index (χ1v) is 4.54. The van der Waals surface area contributed by atoms with Gasteiger partial charge in [-0.15, -0.1) is 0 Å².